The molecule has 0 aliphatic heterocycles. The van der Waals surface area contributed by atoms with Crippen LogP contribution in [0.1, 0.15) is 47.1 Å². The van der Waals surface area contributed by atoms with Crippen LogP contribution >= 0.6 is 0 Å². The minimum Gasteiger partial charge on any atom is -0.355 e. The van der Waals surface area contributed by atoms with Crippen LogP contribution in [-0.2, 0) is 0 Å². The van der Waals surface area contributed by atoms with Gasteiger partial charge in [-0.15, -0.1) is 0 Å². The number of nitrogens with one attached hydrogen (secondary N) is 1. The molecule has 1 heterocycles. The molecule has 120 valence electrons. The molecule has 1 N–H and O–H groups in total. The number of hydrogen-bond acceptors (Lipinski definition) is 4. The van der Waals surface area contributed by atoms with Gasteiger partial charge in [-0.2, -0.15) is 0 Å². The highest BCUT2D eigenvalue weighted by molar-refractivity contribution is 6.26. The molecule has 0 spiro atoms. The zero-order valence-corrected chi connectivity index (χ0v) is 13.6. The highest BCUT2D eigenvalue weighted by Gasteiger charge is 2.31. The third-order valence-corrected chi connectivity index (χ3v) is 4.03. The van der Waals surface area contributed by atoms with Crippen molar-refractivity contribution >= 4 is 22.6 Å². The summed E-state index contributed by atoms with van der Waals surface area (Å²) >= 11 is 0. The van der Waals surface area contributed by atoms with Crippen molar-refractivity contribution in [2.45, 2.75) is 26.3 Å². The Morgan fingerprint density at radius 1 is 1.04 bits per heavy atom. The normalized spacial score (nSPS) is 13.0. The topological polar surface area (TPSA) is 72.2 Å². The first kappa shape index (κ1) is 14.6. The summed E-state index contributed by atoms with van der Waals surface area (Å²) in [6.07, 6.45) is 0. The van der Waals surface area contributed by atoms with Gasteiger partial charge in [0, 0.05) is 22.2 Å². The van der Waals surface area contributed by atoms with E-state index >= 15 is 0 Å². The van der Waals surface area contributed by atoms with Crippen LogP contribution in [0.15, 0.2) is 40.9 Å². The number of amides is 1. The van der Waals surface area contributed by atoms with Crippen LogP contribution in [0.5, 0.6) is 0 Å². The lowest BCUT2D eigenvalue weighted by Gasteiger charge is -2.21. The van der Waals surface area contributed by atoms with Crippen molar-refractivity contribution in [3.63, 3.8) is 0 Å². The van der Waals surface area contributed by atoms with Crippen molar-refractivity contribution < 1.29 is 14.1 Å². The first-order valence-corrected chi connectivity index (χ1v) is 7.76. The van der Waals surface area contributed by atoms with Crippen LogP contribution in [0, 0.1) is 0 Å². The highest BCUT2D eigenvalue weighted by Crippen LogP contribution is 2.40. The molecule has 0 bridgehead atoms. The molecular weight excluding hydrogens is 304 g/mol. The minimum atomic E-state index is -0.367. The van der Waals surface area contributed by atoms with E-state index < -0.39 is 0 Å². The van der Waals surface area contributed by atoms with Gasteiger partial charge in [0.25, 0.3) is 5.91 Å². The molecule has 0 radical (unpaired) electrons. The van der Waals surface area contributed by atoms with Crippen molar-refractivity contribution in [3.8, 4) is 11.3 Å². The van der Waals surface area contributed by atoms with E-state index in [1.807, 2.05) is 39.0 Å². The van der Waals surface area contributed by atoms with Gasteiger partial charge in [0.15, 0.2) is 11.5 Å². The second-order valence-electron chi connectivity index (χ2n) is 6.97. The number of aromatic nitrogens is 1. The van der Waals surface area contributed by atoms with E-state index in [0.29, 0.717) is 38.9 Å². The van der Waals surface area contributed by atoms with Crippen molar-refractivity contribution in [2.75, 3.05) is 0 Å². The minimum absolute atomic E-state index is 0.0749. The Balaban J connectivity index is 1.96. The van der Waals surface area contributed by atoms with Gasteiger partial charge in [-0.05, 0) is 32.9 Å². The van der Waals surface area contributed by atoms with Crippen LogP contribution in [-0.4, -0.2) is 22.4 Å². The maximum absolute atomic E-state index is 12.7. The molecular formula is C19H16N2O3. The molecule has 1 amide bonds. The Kier molecular flexibility index (Phi) is 2.91. The lowest BCUT2D eigenvalue weighted by atomic mass is 9.87. The fraction of sp³-hybridized carbons (Fsp3) is 0.211. The Hall–Kier alpha value is -2.95. The van der Waals surface area contributed by atoms with Crippen molar-refractivity contribution in [3.05, 3.63) is 53.1 Å². The van der Waals surface area contributed by atoms with E-state index in [9.17, 15) is 9.59 Å². The largest absolute Gasteiger partial charge is 0.355 e. The molecule has 1 aliphatic carbocycles. The number of carbonyl (C=O) groups excluding carboxylic acids is 2. The first-order valence-electron chi connectivity index (χ1n) is 7.76. The standard InChI is InChI=1S/C19H16N2O3/c1-19(2,3)20-18(23)13-9-8-12-14-15(13)21-24-17(14)11-7-5-4-6-10(11)16(12)22/h4-9H,1-3H3,(H,20,23). The monoisotopic (exact) mass is 320 g/mol. The average molecular weight is 320 g/mol. The molecule has 24 heavy (non-hydrogen) atoms. The van der Waals surface area contributed by atoms with Gasteiger partial charge >= 0.3 is 0 Å². The van der Waals surface area contributed by atoms with Crippen LogP contribution in [0.25, 0.3) is 22.2 Å². The third-order valence-electron chi connectivity index (χ3n) is 4.03. The molecule has 0 saturated carbocycles. The average Bonchev–Trinajstić information content (AvgIpc) is 2.96. The molecule has 5 nitrogen and oxygen atoms in total. The van der Waals surface area contributed by atoms with E-state index in [0.717, 1.165) is 0 Å². The van der Waals surface area contributed by atoms with Gasteiger partial charge < -0.3 is 9.84 Å². The van der Waals surface area contributed by atoms with Crippen LogP contribution < -0.4 is 5.32 Å². The van der Waals surface area contributed by atoms with Crippen molar-refractivity contribution in [1.29, 1.82) is 0 Å². The second kappa shape index (κ2) is 4.77. The fourth-order valence-electron chi connectivity index (χ4n) is 3.04. The highest BCUT2D eigenvalue weighted by atomic mass is 16.5. The van der Waals surface area contributed by atoms with Crippen molar-refractivity contribution in [2.24, 2.45) is 0 Å². The summed E-state index contributed by atoms with van der Waals surface area (Å²) in [5.41, 5.74) is 2.29. The molecule has 0 atom stereocenters. The molecule has 2 aromatic carbocycles. The molecule has 0 saturated heterocycles. The Morgan fingerprint density at radius 3 is 2.46 bits per heavy atom. The predicted octanol–water partition coefficient (Wildman–Crippen LogP) is 3.57. The number of nitrogens with zero attached hydrogens (tertiary/aromatic N) is 1. The van der Waals surface area contributed by atoms with Gasteiger partial charge in [-0.1, -0.05) is 29.4 Å². The molecule has 1 aromatic heterocycles. The number of carbonyl (C=O) groups is 2. The summed E-state index contributed by atoms with van der Waals surface area (Å²) in [6.45, 7) is 5.73. The fourth-order valence-corrected chi connectivity index (χ4v) is 3.04. The zero-order chi connectivity index (χ0) is 17.1. The number of fused-ring (bicyclic) bond motifs is 2. The molecule has 3 aromatic rings. The van der Waals surface area contributed by atoms with E-state index in [1.54, 1.807) is 18.2 Å². The van der Waals surface area contributed by atoms with Crippen LogP contribution in [0.2, 0.25) is 0 Å². The summed E-state index contributed by atoms with van der Waals surface area (Å²) in [4.78, 5) is 25.3. The second-order valence-corrected chi connectivity index (χ2v) is 6.97. The van der Waals surface area contributed by atoms with Gasteiger partial charge in [0.2, 0.25) is 0 Å². The number of hydrogen-bond donors (Lipinski definition) is 1. The smallest absolute Gasteiger partial charge is 0.254 e. The van der Waals surface area contributed by atoms with Gasteiger partial charge in [-0.3, -0.25) is 9.59 Å². The molecule has 0 fully saturated rings. The summed E-state index contributed by atoms with van der Waals surface area (Å²) in [5.74, 6) is 0.231. The van der Waals surface area contributed by atoms with E-state index in [-0.39, 0.29) is 17.2 Å². The predicted molar refractivity (Wildman–Crippen MR) is 90.1 cm³/mol. The summed E-state index contributed by atoms with van der Waals surface area (Å²) in [5, 5.41) is 7.62. The maximum Gasteiger partial charge on any atom is 0.254 e. The van der Waals surface area contributed by atoms with Crippen LogP contribution in [0.4, 0.5) is 0 Å². The quantitative estimate of drug-likeness (QED) is 0.582. The summed E-state index contributed by atoms with van der Waals surface area (Å²) < 4.78 is 5.51. The number of ketones is 1. The lowest BCUT2D eigenvalue weighted by molar-refractivity contribution is 0.0920. The van der Waals surface area contributed by atoms with Crippen LogP contribution in [0.3, 0.4) is 0 Å². The number of rotatable bonds is 1. The third kappa shape index (κ3) is 2.05. The number of benzene rings is 2. The first-order chi connectivity index (χ1) is 11.4. The Bertz CT molecular complexity index is 1010. The van der Waals surface area contributed by atoms with E-state index in [1.165, 1.54) is 0 Å². The zero-order valence-electron chi connectivity index (χ0n) is 13.6. The van der Waals surface area contributed by atoms with Gasteiger partial charge in [-0.25, -0.2) is 0 Å². The van der Waals surface area contributed by atoms with E-state index in [4.69, 9.17) is 4.52 Å². The Labute approximate surface area is 138 Å². The maximum atomic E-state index is 12.7. The summed E-state index contributed by atoms with van der Waals surface area (Å²) in [7, 11) is 0. The Morgan fingerprint density at radius 2 is 1.75 bits per heavy atom. The molecule has 4 rings (SSSR count). The van der Waals surface area contributed by atoms with Gasteiger partial charge in [0.05, 0.1) is 10.9 Å². The SMILES string of the molecule is CC(C)(C)NC(=O)c1ccc2c3c(onc13)-c1ccccc1C2=O. The lowest BCUT2D eigenvalue weighted by Crippen LogP contribution is -2.40. The summed E-state index contributed by atoms with van der Waals surface area (Å²) in [6, 6.07) is 10.6. The molecule has 1 aliphatic rings. The molecule has 5 heteroatoms. The van der Waals surface area contributed by atoms with Crippen molar-refractivity contribution in [1.82, 2.24) is 10.5 Å². The molecule has 0 unspecified atom stereocenters. The van der Waals surface area contributed by atoms with Gasteiger partial charge in [0.1, 0.15) is 5.52 Å². The van der Waals surface area contributed by atoms with E-state index in [2.05, 4.69) is 10.5 Å².